The van der Waals surface area contributed by atoms with E-state index in [1.54, 1.807) is 18.2 Å². The Bertz CT molecular complexity index is 508. The number of carbonyl (C=O) groups excluding carboxylic acids is 1. The molecule has 1 heterocycles. The van der Waals surface area contributed by atoms with Crippen molar-refractivity contribution in [1.82, 2.24) is 4.90 Å². The van der Waals surface area contributed by atoms with Gasteiger partial charge in [0.25, 0.3) is 0 Å². The van der Waals surface area contributed by atoms with E-state index in [4.69, 9.17) is 16.3 Å². The van der Waals surface area contributed by atoms with E-state index in [-0.39, 0.29) is 5.78 Å². The van der Waals surface area contributed by atoms with Gasteiger partial charge >= 0.3 is 0 Å². The predicted octanol–water partition coefficient (Wildman–Crippen LogP) is 4.29. The first-order chi connectivity index (χ1) is 10.5. The average molecular weight is 324 g/mol. The van der Waals surface area contributed by atoms with Crippen molar-refractivity contribution in [2.24, 2.45) is 11.8 Å². The van der Waals surface area contributed by atoms with Crippen LogP contribution < -0.4 is 4.74 Å². The maximum atomic E-state index is 12.6. The second kappa shape index (κ2) is 7.98. The Hall–Kier alpha value is -1.06. The number of hydrogen-bond donors (Lipinski definition) is 0. The van der Waals surface area contributed by atoms with Gasteiger partial charge in [0.2, 0.25) is 0 Å². The van der Waals surface area contributed by atoms with E-state index in [1.807, 2.05) is 0 Å². The number of ketones is 1. The summed E-state index contributed by atoms with van der Waals surface area (Å²) in [5.41, 5.74) is 0.603. The summed E-state index contributed by atoms with van der Waals surface area (Å²) in [4.78, 5) is 14.9. The molecule has 0 amide bonds. The molecule has 3 nitrogen and oxygen atoms in total. The van der Waals surface area contributed by atoms with Crippen molar-refractivity contribution >= 4 is 17.4 Å². The molecular weight excluding hydrogens is 298 g/mol. The first kappa shape index (κ1) is 17.3. The third kappa shape index (κ3) is 4.99. The van der Waals surface area contributed by atoms with E-state index >= 15 is 0 Å². The van der Waals surface area contributed by atoms with Gasteiger partial charge in [-0.3, -0.25) is 9.69 Å². The Labute approximate surface area is 138 Å². The van der Waals surface area contributed by atoms with E-state index in [9.17, 15) is 4.79 Å². The summed E-state index contributed by atoms with van der Waals surface area (Å²) in [5, 5.41) is 0.576. The summed E-state index contributed by atoms with van der Waals surface area (Å²) >= 11 is 6.06. The topological polar surface area (TPSA) is 29.5 Å². The zero-order valence-electron chi connectivity index (χ0n) is 13.8. The van der Waals surface area contributed by atoms with E-state index in [1.165, 1.54) is 12.8 Å². The molecule has 1 aromatic rings. The number of ether oxygens (including phenoxy) is 1. The monoisotopic (exact) mass is 323 g/mol. The molecule has 2 rings (SSSR count). The van der Waals surface area contributed by atoms with Crippen LogP contribution in [0.4, 0.5) is 0 Å². The molecule has 0 spiro atoms. The van der Waals surface area contributed by atoms with E-state index in [0.717, 1.165) is 19.0 Å². The fourth-order valence-corrected chi connectivity index (χ4v) is 2.78. The quantitative estimate of drug-likeness (QED) is 0.731. The van der Waals surface area contributed by atoms with Gasteiger partial charge in [-0.05, 0) is 56.0 Å². The van der Waals surface area contributed by atoms with Crippen molar-refractivity contribution in [3.63, 3.8) is 0 Å². The number of piperidine rings is 1. The number of benzene rings is 1. The standard InChI is InChI=1S/C18H26ClNO2/c1-13(2)12-22-18-5-4-15(19)10-16(18)17(21)11-20-8-6-14(3)7-9-20/h4-5,10,13-14H,6-9,11-12H2,1-3H3. The molecule has 0 atom stereocenters. The molecule has 122 valence electrons. The summed E-state index contributed by atoms with van der Waals surface area (Å²) < 4.78 is 5.78. The summed E-state index contributed by atoms with van der Waals surface area (Å²) in [7, 11) is 0. The molecule has 0 aliphatic carbocycles. The van der Waals surface area contributed by atoms with Gasteiger partial charge in [-0.1, -0.05) is 32.4 Å². The molecule has 1 aromatic carbocycles. The van der Waals surface area contributed by atoms with Crippen LogP contribution in [0.3, 0.4) is 0 Å². The van der Waals surface area contributed by atoms with Crippen LogP contribution in [0.1, 0.15) is 44.0 Å². The van der Waals surface area contributed by atoms with E-state index < -0.39 is 0 Å². The zero-order chi connectivity index (χ0) is 16.1. The van der Waals surface area contributed by atoms with Gasteiger partial charge in [0, 0.05) is 5.02 Å². The fraction of sp³-hybridized carbons (Fsp3) is 0.611. The second-order valence-corrected chi connectivity index (χ2v) is 7.16. The first-order valence-electron chi connectivity index (χ1n) is 8.13. The van der Waals surface area contributed by atoms with Crippen LogP contribution in [0, 0.1) is 11.8 Å². The summed E-state index contributed by atoms with van der Waals surface area (Å²) in [5.74, 6) is 1.92. The highest BCUT2D eigenvalue weighted by molar-refractivity contribution is 6.31. The maximum absolute atomic E-state index is 12.6. The molecule has 0 N–H and O–H groups in total. The minimum atomic E-state index is 0.0933. The largest absolute Gasteiger partial charge is 0.493 e. The van der Waals surface area contributed by atoms with Gasteiger partial charge in [-0.2, -0.15) is 0 Å². The van der Waals surface area contributed by atoms with Gasteiger partial charge in [0.05, 0.1) is 18.7 Å². The van der Waals surface area contributed by atoms with Crippen LogP contribution in [-0.2, 0) is 0 Å². The number of nitrogens with zero attached hydrogens (tertiary/aromatic N) is 1. The van der Waals surface area contributed by atoms with E-state index in [0.29, 0.717) is 35.4 Å². The molecule has 0 bridgehead atoms. The first-order valence-corrected chi connectivity index (χ1v) is 8.51. The van der Waals surface area contributed by atoms with Crippen molar-refractivity contribution in [2.45, 2.75) is 33.6 Å². The normalized spacial score (nSPS) is 17.0. The molecule has 1 aliphatic rings. The number of halogens is 1. The van der Waals surface area contributed by atoms with Crippen molar-refractivity contribution in [3.05, 3.63) is 28.8 Å². The molecular formula is C18H26ClNO2. The van der Waals surface area contributed by atoms with Crippen LogP contribution in [0.15, 0.2) is 18.2 Å². The molecule has 0 unspecified atom stereocenters. The lowest BCUT2D eigenvalue weighted by molar-refractivity contribution is 0.0895. The molecule has 0 aromatic heterocycles. The Kier molecular flexibility index (Phi) is 6.27. The minimum Gasteiger partial charge on any atom is -0.493 e. The van der Waals surface area contributed by atoms with Gasteiger partial charge in [0.1, 0.15) is 5.75 Å². The van der Waals surface area contributed by atoms with Gasteiger partial charge in [-0.15, -0.1) is 0 Å². The van der Waals surface area contributed by atoms with Crippen LogP contribution in [0.25, 0.3) is 0 Å². The smallest absolute Gasteiger partial charge is 0.180 e. The van der Waals surface area contributed by atoms with Crippen molar-refractivity contribution < 1.29 is 9.53 Å². The average Bonchev–Trinajstić information content (AvgIpc) is 2.48. The Morgan fingerprint density at radius 3 is 2.68 bits per heavy atom. The van der Waals surface area contributed by atoms with Crippen molar-refractivity contribution in [1.29, 1.82) is 0 Å². The number of carbonyl (C=O) groups is 1. The van der Waals surface area contributed by atoms with Crippen molar-refractivity contribution in [2.75, 3.05) is 26.2 Å². The van der Waals surface area contributed by atoms with Crippen LogP contribution in [0.5, 0.6) is 5.75 Å². The Morgan fingerprint density at radius 1 is 1.36 bits per heavy atom. The van der Waals surface area contributed by atoms with Gasteiger partial charge in [0.15, 0.2) is 5.78 Å². The predicted molar refractivity (Wildman–Crippen MR) is 91.0 cm³/mol. The SMILES string of the molecule is CC(C)COc1ccc(Cl)cc1C(=O)CN1CCC(C)CC1. The Balaban J connectivity index is 2.05. The highest BCUT2D eigenvalue weighted by Crippen LogP contribution is 2.25. The van der Waals surface area contributed by atoms with Crippen LogP contribution in [-0.4, -0.2) is 36.9 Å². The summed E-state index contributed by atoms with van der Waals surface area (Å²) in [6.45, 7) is 9.49. The Morgan fingerprint density at radius 2 is 2.05 bits per heavy atom. The minimum absolute atomic E-state index is 0.0933. The lowest BCUT2D eigenvalue weighted by atomic mass is 9.98. The molecule has 1 fully saturated rings. The summed E-state index contributed by atoms with van der Waals surface area (Å²) in [6, 6.07) is 5.30. The van der Waals surface area contributed by atoms with Gasteiger partial charge in [-0.25, -0.2) is 0 Å². The second-order valence-electron chi connectivity index (χ2n) is 6.73. The third-order valence-electron chi connectivity index (χ3n) is 4.06. The van der Waals surface area contributed by atoms with Crippen molar-refractivity contribution in [3.8, 4) is 5.75 Å². The molecule has 0 saturated carbocycles. The maximum Gasteiger partial charge on any atom is 0.180 e. The lowest BCUT2D eigenvalue weighted by Gasteiger charge is -2.29. The fourth-order valence-electron chi connectivity index (χ4n) is 2.61. The lowest BCUT2D eigenvalue weighted by Crippen LogP contribution is -2.36. The molecule has 0 radical (unpaired) electrons. The van der Waals surface area contributed by atoms with E-state index in [2.05, 4.69) is 25.7 Å². The highest BCUT2D eigenvalue weighted by Gasteiger charge is 2.21. The highest BCUT2D eigenvalue weighted by atomic mass is 35.5. The number of rotatable bonds is 6. The molecule has 4 heteroatoms. The molecule has 22 heavy (non-hydrogen) atoms. The van der Waals surface area contributed by atoms with Crippen LogP contribution >= 0.6 is 11.6 Å². The van der Waals surface area contributed by atoms with Gasteiger partial charge < -0.3 is 4.74 Å². The molecule has 1 saturated heterocycles. The zero-order valence-corrected chi connectivity index (χ0v) is 14.5. The summed E-state index contributed by atoms with van der Waals surface area (Å²) in [6.07, 6.45) is 2.33. The number of likely N-dealkylation sites (tertiary alicyclic amines) is 1. The third-order valence-corrected chi connectivity index (χ3v) is 4.29. The number of Topliss-reactive ketones (excluding diaryl/α,β-unsaturated/α-hetero) is 1. The van der Waals surface area contributed by atoms with Crippen LogP contribution in [0.2, 0.25) is 5.02 Å². The molecule has 1 aliphatic heterocycles. The number of hydrogen-bond acceptors (Lipinski definition) is 3.